The number of nitrogens with zero attached hydrogens (tertiary/aromatic N) is 3. The molecule has 5 heteroatoms. The quantitative estimate of drug-likeness (QED) is 0.646. The Bertz CT molecular complexity index is 1100. The number of carbonyl (C=O) groups is 1. The highest BCUT2D eigenvalue weighted by atomic mass is 16.1. The van der Waals surface area contributed by atoms with Gasteiger partial charge in [0.05, 0.1) is 16.6 Å². The van der Waals surface area contributed by atoms with Crippen LogP contribution in [0.15, 0.2) is 54.6 Å². The van der Waals surface area contributed by atoms with E-state index in [-0.39, 0.29) is 5.91 Å². The summed E-state index contributed by atoms with van der Waals surface area (Å²) in [6, 6.07) is 15.1. The van der Waals surface area contributed by atoms with Gasteiger partial charge in [-0.3, -0.25) is 9.69 Å². The van der Waals surface area contributed by atoms with Gasteiger partial charge in [0, 0.05) is 37.8 Å². The van der Waals surface area contributed by atoms with Crippen molar-refractivity contribution in [3.63, 3.8) is 0 Å². The first-order valence-electron chi connectivity index (χ1n) is 10.9. The molecule has 2 aliphatic heterocycles. The fraction of sp³-hybridized carbons (Fsp3) is 0.360. The number of nitrogens with one attached hydrogen (secondary N) is 1. The highest BCUT2D eigenvalue weighted by molar-refractivity contribution is 6.06. The molecule has 0 saturated carbocycles. The minimum absolute atomic E-state index is 0.0168. The van der Waals surface area contributed by atoms with Crippen molar-refractivity contribution in [2.45, 2.75) is 32.9 Å². The zero-order chi connectivity index (χ0) is 20.7. The Morgan fingerprint density at radius 2 is 1.83 bits per heavy atom. The van der Waals surface area contributed by atoms with E-state index >= 15 is 0 Å². The van der Waals surface area contributed by atoms with Gasteiger partial charge < -0.3 is 9.88 Å². The maximum atomic E-state index is 12.4. The second-order valence-electron chi connectivity index (χ2n) is 8.71. The normalized spacial score (nSPS) is 17.5. The van der Waals surface area contributed by atoms with Crippen molar-refractivity contribution in [1.29, 1.82) is 0 Å². The van der Waals surface area contributed by atoms with Crippen LogP contribution in [0.3, 0.4) is 0 Å². The number of benzene rings is 2. The summed E-state index contributed by atoms with van der Waals surface area (Å²) >= 11 is 0. The van der Waals surface area contributed by atoms with Crippen LogP contribution in [-0.4, -0.2) is 40.0 Å². The van der Waals surface area contributed by atoms with Crippen LogP contribution < -0.4 is 5.32 Å². The monoisotopic (exact) mass is 400 g/mol. The molecule has 1 atom stereocenters. The number of amides is 1. The lowest BCUT2D eigenvalue weighted by atomic mass is 9.95. The van der Waals surface area contributed by atoms with E-state index in [1.807, 2.05) is 18.2 Å². The molecule has 154 valence electrons. The number of imidazole rings is 1. The third kappa shape index (κ3) is 3.33. The van der Waals surface area contributed by atoms with Gasteiger partial charge in [-0.1, -0.05) is 56.3 Å². The minimum Gasteiger partial charge on any atom is -0.350 e. The van der Waals surface area contributed by atoms with Crippen LogP contribution in [0.4, 0.5) is 0 Å². The average molecular weight is 401 g/mol. The molecule has 0 aliphatic carbocycles. The lowest BCUT2D eigenvalue weighted by molar-refractivity contribution is 0.0956. The van der Waals surface area contributed by atoms with Gasteiger partial charge in [0.25, 0.3) is 5.91 Å². The Kier molecular flexibility index (Phi) is 4.91. The van der Waals surface area contributed by atoms with Crippen molar-refractivity contribution < 1.29 is 4.79 Å². The van der Waals surface area contributed by atoms with Gasteiger partial charge >= 0.3 is 0 Å². The molecule has 1 N–H and O–H groups in total. The van der Waals surface area contributed by atoms with E-state index in [9.17, 15) is 4.79 Å². The molecule has 3 aromatic rings. The van der Waals surface area contributed by atoms with Gasteiger partial charge in [0.2, 0.25) is 0 Å². The highest BCUT2D eigenvalue weighted by Gasteiger charge is 2.24. The van der Waals surface area contributed by atoms with E-state index in [0.717, 1.165) is 48.5 Å². The van der Waals surface area contributed by atoms with E-state index in [1.54, 1.807) is 0 Å². The molecule has 0 fully saturated rings. The van der Waals surface area contributed by atoms with Crippen LogP contribution in [-0.2, 0) is 6.54 Å². The summed E-state index contributed by atoms with van der Waals surface area (Å²) in [6.45, 7) is 7.98. The summed E-state index contributed by atoms with van der Waals surface area (Å²) in [6.07, 6.45) is 5.67. The van der Waals surface area contributed by atoms with Crippen molar-refractivity contribution in [3.8, 4) is 11.4 Å². The van der Waals surface area contributed by atoms with Crippen LogP contribution >= 0.6 is 0 Å². The smallest absolute Gasteiger partial charge is 0.253 e. The van der Waals surface area contributed by atoms with Gasteiger partial charge in [0.1, 0.15) is 5.82 Å². The third-order valence-electron chi connectivity index (χ3n) is 6.17. The average Bonchev–Trinajstić information content (AvgIpc) is 3.36. The highest BCUT2D eigenvalue weighted by Crippen LogP contribution is 2.32. The molecule has 0 spiro atoms. The van der Waals surface area contributed by atoms with Crippen LogP contribution in [0.25, 0.3) is 22.4 Å². The summed E-state index contributed by atoms with van der Waals surface area (Å²) in [5, 5.41) is 2.99. The van der Waals surface area contributed by atoms with Gasteiger partial charge in [-0.15, -0.1) is 0 Å². The third-order valence-corrected chi connectivity index (χ3v) is 6.17. The minimum atomic E-state index is -0.0168. The standard InChI is InChI=1S/C25H28N4O/c1-17(2)16-22(28-13-3-4-14-28)18-8-10-19(11-9-18)24-27-21-7-5-6-20-23(21)29(24)15-12-26-25(20)30/h3-11,17,22H,12-16H2,1-2H3,(H,26,30). The number of hydrogen-bond acceptors (Lipinski definition) is 3. The Labute approximate surface area is 177 Å². The summed E-state index contributed by atoms with van der Waals surface area (Å²) < 4.78 is 2.19. The molecule has 3 heterocycles. The Hall–Kier alpha value is -2.92. The Balaban J connectivity index is 1.52. The molecule has 30 heavy (non-hydrogen) atoms. The fourth-order valence-corrected chi connectivity index (χ4v) is 4.73. The number of hydrogen-bond donors (Lipinski definition) is 1. The first-order chi connectivity index (χ1) is 14.6. The van der Waals surface area contributed by atoms with Crippen molar-refractivity contribution in [3.05, 3.63) is 65.7 Å². The Morgan fingerprint density at radius 3 is 2.57 bits per heavy atom. The molecule has 2 aromatic carbocycles. The fourth-order valence-electron chi connectivity index (χ4n) is 4.73. The molecular weight excluding hydrogens is 372 g/mol. The molecule has 1 amide bonds. The van der Waals surface area contributed by atoms with E-state index in [1.165, 1.54) is 5.56 Å². The zero-order valence-electron chi connectivity index (χ0n) is 17.6. The summed E-state index contributed by atoms with van der Waals surface area (Å²) in [7, 11) is 0. The molecule has 0 bridgehead atoms. The number of carbonyl (C=O) groups excluding carboxylic acids is 1. The number of aromatic nitrogens is 2. The van der Waals surface area contributed by atoms with Crippen molar-refractivity contribution >= 4 is 16.9 Å². The lowest BCUT2D eigenvalue weighted by Gasteiger charge is -2.29. The summed E-state index contributed by atoms with van der Waals surface area (Å²) in [5.74, 6) is 1.56. The molecular formula is C25H28N4O. The maximum Gasteiger partial charge on any atom is 0.253 e. The lowest BCUT2D eigenvalue weighted by Crippen LogP contribution is -2.27. The van der Waals surface area contributed by atoms with Gasteiger partial charge in [-0.2, -0.15) is 0 Å². The Morgan fingerprint density at radius 1 is 1.07 bits per heavy atom. The van der Waals surface area contributed by atoms with Gasteiger partial charge in [0.15, 0.2) is 0 Å². The zero-order valence-corrected chi connectivity index (χ0v) is 17.6. The van der Waals surface area contributed by atoms with E-state index < -0.39 is 0 Å². The summed E-state index contributed by atoms with van der Waals surface area (Å²) in [4.78, 5) is 19.8. The second kappa shape index (κ2) is 7.73. The molecule has 5 rings (SSSR count). The van der Waals surface area contributed by atoms with E-state index in [2.05, 4.69) is 65.0 Å². The topological polar surface area (TPSA) is 50.2 Å². The number of para-hydroxylation sites is 1. The van der Waals surface area contributed by atoms with Crippen LogP contribution in [0.5, 0.6) is 0 Å². The number of rotatable bonds is 5. The van der Waals surface area contributed by atoms with Crippen LogP contribution in [0.2, 0.25) is 0 Å². The first kappa shape index (κ1) is 19.1. The van der Waals surface area contributed by atoms with Crippen LogP contribution in [0.1, 0.15) is 42.2 Å². The predicted octanol–water partition coefficient (Wildman–Crippen LogP) is 4.41. The van der Waals surface area contributed by atoms with Crippen molar-refractivity contribution in [2.75, 3.05) is 19.6 Å². The molecule has 1 unspecified atom stereocenters. The largest absolute Gasteiger partial charge is 0.350 e. The van der Waals surface area contributed by atoms with Crippen molar-refractivity contribution in [2.24, 2.45) is 5.92 Å². The second-order valence-corrected chi connectivity index (χ2v) is 8.71. The van der Waals surface area contributed by atoms with Crippen molar-refractivity contribution in [1.82, 2.24) is 19.8 Å². The molecule has 1 aromatic heterocycles. The molecule has 5 nitrogen and oxygen atoms in total. The van der Waals surface area contributed by atoms with Gasteiger partial charge in [-0.05, 0) is 30.0 Å². The predicted molar refractivity (Wildman–Crippen MR) is 120 cm³/mol. The van der Waals surface area contributed by atoms with Crippen LogP contribution in [0, 0.1) is 5.92 Å². The van der Waals surface area contributed by atoms with E-state index in [0.29, 0.717) is 24.1 Å². The van der Waals surface area contributed by atoms with Gasteiger partial charge in [-0.25, -0.2) is 4.98 Å². The SMILES string of the molecule is CC(C)CC(c1ccc(-c2nc3cccc4c3n2CCNC4=O)cc1)N1CC=CC1. The molecule has 0 saturated heterocycles. The molecule has 2 aliphatic rings. The summed E-state index contributed by atoms with van der Waals surface area (Å²) in [5.41, 5.74) is 4.98. The first-order valence-corrected chi connectivity index (χ1v) is 10.9. The molecule has 0 radical (unpaired) electrons. The maximum absolute atomic E-state index is 12.4. The van der Waals surface area contributed by atoms with E-state index in [4.69, 9.17) is 4.98 Å².